The van der Waals surface area contributed by atoms with Crippen LogP contribution in [0.5, 0.6) is 0 Å². The van der Waals surface area contributed by atoms with Gasteiger partial charge >= 0.3 is 0 Å². The van der Waals surface area contributed by atoms with E-state index in [-0.39, 0.29) is 23.7 Å². The van der Waals surface area contributed by atoms with Crippen LogP contribution >= 0.6 is 15.9 Å². The van der Waals surface area contributed by atoms with Crippen molar-refractivity contribution in [3.05, 3.63) is 52.0 Å². The molecule has 11 heteroatoms. The minimum Gasteiger partial charge on any atom is -0.343 e. The van der Waals surface area contributed by atoms with Gasteiger partial charge in [0.25, 0.3) is 5.91 Å². The molecule has 2 rings (SSSR count). The van der Waals surface area contributed by atoms with Gasteiger partial charge in [-0.3, -0.25) is 19.1 Å². The second-order valence-electron chi connectivity index (χ2n) is 6.51. The van der Waals surface area contributed by atoms with E-state index in [9.17, 15) is 22.8 Å². The average molecular weight is 497 g/mol. The molecule has 4 N–H and O–H groups in total. The fourth-order valence-corrected chi connectivity index (χ4v) is 3.57. The molecule has 0 bridgehead atoms. The van der Waals surface area contributed by atoms with Crippen LogP contribution < -0.4 is 20.7 Å². The van der Waals surface area contributed by atoms with Gasteiger partial charge in [-0.2, -0.15) is 0 Å². The van der Waals surface area contributed by atoms with E-state index in [0.29, 0.717) is 11.4 Å². The van der Waals surface area contributed by atoms with Gasteiger partial charge in [0.2, 0.25) is 21.8 Å². The first-order chi connectivity index (χ1) is 13.9. The van der Waals surface area contributed by atoms with E-state index in [1.54, 1.807) is 12.1 Å². The molecule has 0 aromatic heterocycles. The van der Waals surface area contributed by atoms with Crippen LogP contribution in [0.3, 0.4) is 0 Å². The van der Waals surface area contributed by atoms with Gasteiger partial charge in [-0.05, 0) is 48.9 Å². The number of rotatable bonds is 7. The molecule has 0 spiro atoms. The third-order valence-corrected chi connectivity index (χ3v) is 4.84. The third kappa shape index (κ3) is 7.16. The summed E-state index contributed by atoms with van der Waals surface area (Å²) in [6, 6.07) is 9.47. The monoisotopic (exact) mass is 496 g/mol. The number of anilines is 3. The Morgan fingerprint density at radius 1 is 1.00 bits per heavy atom. The highest BCUT2D eigenvalue weighted by atomic mass is 79.9. The van der Waals surface area contributed by atoms with Gasteiger partial charge in [0.15, 0.2) is 0 Å². The summed E-state index contributed by atoms with van der Waals surface area (Å²) in [4.78, 5) is 36.1. The van der Waals surface area contributed by atoms with Crippen LogP contribution in [0.25, 0.3) is 0 Å². The molecule has 160 valence electrons. The van der Waals surface area contributed by atoms with Crippen molar-refractivity contribution in [3.63, 3.8) is 0 Å². The molecule has 0 aliphatic rings. The zero-order chi connectivity index (χ0) is 22.5. The summed E-state index contributed by atoms with van der Waals surface area (Å²) in [6.45, 7) is 2.80. The number of benzene rings is 2. The molecule has 0 aliphatic heterocycles. The molecule has 0 radical (unpaired) electrons. The molecule has 2 aromatic carbocycles. The highest BCUT2D eigenvalue weighted by Crippen LogP contribution is 2.22. The first-order valence-electron chi connectivity index (χ1n) is 8.68. The van der Waals surface area contributed by atoms with Crippen LogP contribution in [-0.2, 0) is 19.6 Å². The van der Waals surface area contributed by atoms with Crippen LogP contribution in [0.15, 0.2) is 40.9 Å². The molecule has 0 fully saturated rings. The lowest BCUT2D eigenvalue weighted by atomic mass is 10.1. The summed E-state index contributed by atoms with van der Waals surface area (Å²) in [5, 5.41) is 7.66. The van der Waals surface area contributed by atoms with Gasteiger partial charge in [-0.1, -0.05) is 15.9 Å². The number of sulfonamides is 1. The largest absolute Gasteiger partial charge is 0.343 e. The highest BCUT2D eigenvalue weighted by Gasteiger charge is 2.17. The number of nitrogens with one attached hydrogen (secondary N) is 4. The Morgan fingerprint density at radius 2 is 1.67 bits per heavy atom. The summed E-state index contributed by atoms with van der Waals surface area (Å²) < 4.78 is 26.3. The van der Waals surface area contributed by atoms with E-state index >= 15 is 0 Å². The third-order valence-electron chi connectivity index (χ3n) is 3.75. The quantitative estimate of drug-likeness (QED) is 0.467. The molecular weight excluding hydrogens is 476 g/mol. The standard InChI is InChI=1S/C19H21BrN4O5S/c1-11-8-13(20)4-6-16(11)23-18(26)10-21-19(27)15-9-14(22-12(2)25)5-7-17(15)24-30(3,28)29/h4-9,24H,10H2,1-3H3,(H,21,27)(H,22,25)(H,23,26). The zero-order valence-electron chi connectivity index (χ0n) is 16.5. The molecule has 0 saturated heterocycles. The molecule has 0 atom stereocenters. The Hall–Kier alpha value is -2.92. The molecular formula is C19H21BrN4O5S. The fourth-order valence-electron chi connectivity index (χ4n) is 2.52. The smallest absolute Gasteiger partial charge is 0.253 e. The van der Waals surface area contributed by atoms with Crippen LogP contribution in [-0.4, -0.2) is 38.9 Å². The van der Waals surface area contributed by atoms with Crippen molar-refractivity contribution in [2.45, 2.75) is 13.8 Å². The summed E-state index contributed by atoms with van der Waals surface area (Å²) in [6.07, 6.45) is 0.949. The van der Waals surface area contributed by atoms with E-state index in [1.165, 1.54) is 25.1 Å². The predicted molar refractivity (Wildman–Crippen MR) is 119 cm³/mol. The van der Waals surface area contributed by atoms with Gasteiger partial charge in [0, 0.05) is 22.8 Å². The topological polar surface area (TPSA) is 133 Å². The average Bonchev–Trinajstić information content (AvgIpc) is 2.61. The van der Waals surface area contributed by atoms with Crippen LogP contribution in [0.1, 0.15) is 22.8 Å². The predicted octanol–water partition coefficient (Wildman–Crippen LogP) is 2.46. The van der Waals surface area contributed by atoms with Gasteiger partial charge in [0.05, 0.1) is 24.1 Å². The van der Waals surface area contributed by atoms with Crippen LogP contribution in [0.2, 0.25) is 0 Å². The van der Waals surface area contributed by atoms with Crippen molar-refractivity contribution in [1.82, 2.24) is 5.32 Å². The first kappa shape index (κ1) is 23.4. The van der Waals surface area contributed by atoms with Crippen LogP contribution in [0, 0.1) is 6.92 Å². The van der Waals surface area contributed by atoms with E-state index < -0.39 is 21.8 Å². The Labute approximate surface area is 182 Å². The number of halogens is 1. The molecule has 30 heavy (non-hydrogen) atoms. The van der Waals surface area contributed by atoms with Crippen molar-refractivity contribution >= 4 is 60.7 Å². The molecule has 3 amide bonds. The van der Waals surface area contributed by atoms with E-state index in [1.807, 2.05) is 13.0 Å². The lowest BCUT2D eigenvalue weighted by molar-refractivity contribution is -0.115. The SMILES string of the molecule is CC(=O)Nc1ccc(NS(C)(=O)=O)c(C(=O)NCC(=O)Nc2ccc(Br)cc2C)c1. The number of hydrogen-bond donors (Lipinski definition) is 4. The Balaban J connectivity index is 2.15. The molecule has 0 saturated carbocycles. The zero-order valence-corrected chi connectivity index (χ0v) is 18.9. The van der Waals surface area contributed by atoms with Crippen molar-refractivity contribution in [2.75, 3.05) is 28.2 Å². The second-order valence-corrected chi connectivity index (χ2v) is 9.17. The molecule has 0 heterocycles. The Kier molecular flexibility index (Phi) is 7.57. The Morgan fingerprint density at radius 3 is 2.27 bits per heavy atom. The summed E-state index contributed by atoms with van der Waals surface area (Å²) >= 11 is 3.34. The number of carbonyl (C=O) groups excluding carboxylic acids is 3. The number of aryl methyl sites for hydroxylation is 1. The molecule has 2 aromatic rings. The molecule has 0 unspecified atom stereocenters. The molecule has 9 nitrogen and oxygen atoms in total. The Bertz CT molecular complexity index is 1100. The van der Waals surface area contributed by atoms with Crippen molar-refractivity contribution < 1.29 is 22.8 Å². The van der Waals surface area contributed by atoms with Gasteiger partial charge < -0.3 is 16.0 Å². The lowest BCUT2D eigenvalue weighted by Crippen LogP contribution is -2.33. The highest BCUT2D eigenvalue weighted by molar-refractivity contribution is 9.10. The first-order valence-corrected chi connectivity index (χ1v) is 11.4. The van der Waals surface area contributed by atoms with Gasteiger partial charge in [-0.15, -0.1) is 0 Å². The van der Waals surface area contributed by atoms with Crippen LogP contribution in [0.4, 0.5) is 17.1 Å². The maximum Gasteiger partial charge on any atom is 0.253 e. The molecule has 0 aliphatic carbocycles. The van der Waals surface area contributed by atoms with Gasteiger partial charge in [-0.25, -0.2) is 8.42 Å². The number of amides is 3. The lowest BCUT2D eigenvalue weighted by Gasteiger charge is -2.14. The van der Waals surface area contributed by atoms with E-state index in [2.05, 4.69) is 36.6 Å². The minimum absolute atomic E-state index is 0.0215. The maximum atomic E-state index is 12.6. The summed E-state index contributed by atoms with van der Waals surface area (Å²) in [5.41, 5.74) is 1.73. The maximum absolute atomic E-state index is 12.6. The normalized spacial score (nSPS) is 10.8. The second kappa shape index (κ2) is 9.72. The van der Waals surface area contributed by atoms with Crippen molar-refractivity contribution in [3.8, 4) is 0 Å². The minimum atomic E-state index is -3.65. The van der Waals surface area contributed by atoms with E-state index in [4.69, 9.17) is 0 Å². The summed E-state index contributed by atoms with van der Waals surface area (Å²) in [5.74, 6) is -1.49. The fraction of sp³-hybridized carbons (Fsp3) is 0.211. The van der Waals surface area contributed by atoms with E-state index in [0.717, 1.165) is 16.3 Å². The van der Waals surface area contributed by atoms with Gasteiger partial charge in [0.1, 0.15) is 0 Å². The number of hydrogen-bond acceptors (Lipinski definition) is 5. The number of carbonyl (C=O) groups is 3. The summed E-state index contributed by atoms with van der Waals surface area (Å²) in [7, 11) is -3.65. The van der Waals surface area contributed by atoms with Crippen molar-refractivity contribution in [2.24, 2.45) is 0 Å². The van der Waals surface area contributed by atoms with Crippen molar-refractivity contribution in [1.29, 1.82) is 0 Å².